The molecule has 0 radical (unpaired) electrons. The molecule has 1 aliphatic rings. The summed E-state index contributed by atoms with van der Waals surface area (Å²) in [5, 5.41) is 2.81. The van der Waals surface area contributed by atoms with Crippen molar-refractivity contribution in [3.8, 4) is 11.8 Å². The Morgan fingerprint density at radius 3 is 2.69 bits per heavy atom. The highest BCUT2D eigenvalue weighted by Gasteiger charge is 2.23. The first-order valence-corrected chi connectivity index (χ1v) is 13.0. The topological polar surface area (TPSA) is 108 Å². The fraction of sp³-hybridized carbons (Fsp3) is 0.483. The number of likely N-dealkylation sites (N-methyl/N-ethyl adjacent to an activating group) is 1. The van der Waals surface area contributed by atoms with Gasteiger partial charge >= 0.3 is 6.03 Å². The van der Waals surface area contributed by atoms with Crippen molar-refractivity contribution in [1.29, 1.82) is 0 Å². The Kier molecular flexibility index (Phi) is 10.2. The van der Waals surface area contributed by atoms with Gasteiger partial charge < -0.3 is 9.64 Å². The van der Waals surface area contributed by atoms with Crippen molar-refractivity contribution in [1.82, 2.24) is 19.8 Å². The summed E-state index contributed by atoms with van der Waals surface area (Å²) in [5.41, 5.74) is 2.47. The maximum Gasteiger partial charge on any atom is 0.328 e. The molecule has 1 fully saturated rings. The number of anilines is 2. The third-order valence-corrected chi connectivity index (χ3v) is 6.22. The average molecular weight is 535 g/mol. The van der Waals surface area contributed by atoms with Crippen molar-refractivity contribution < 1.29 is 19.1 Å². The van der Waals surface area contributed by atoms with Crippen LogP contribution in [-0.4, -0.2) is 85.4 Å². The zero-order valence-electron chi connectivity index (χ0n) is 23.7. The first-order chi connectivity index (χ1) is 18.5. The van der Waals surface area contributed by atoms with Gasteiger partial charge in [-0.25, -0.2) is 14.8 Å². The first kappa shape index (κ1) is 29.7. The molecule has 10 heteroatoms. The van der Waals surface area contributed by atoms with Gasteiger partial charge in [0.05, 0.1) is 6.54 Å². The predicted molar refractivity (Wildman–Crippen MR) is 151 cm³/mol. The van der Waals surface area contributed by atoms with Crippen LogP contribution < -0.4 is 10.2 Å². The van der Waals surface area contributed by atoms with E-state index in [-0.39, 0.29) is 17.0 Å². The Bertz CT molecular complexity index is 1260. The smallest absolute Gasteiger partial charge is 0.328 e. The number of carbonyl (C=O) groups excluding carboxylic acids is 3. The van der Waals surface area contributed by atoms with Crippen LogP contribution in [0.5, 0.6) is 0 Å². The fourth-order valence-corrected chi connectivity index (χ4v) is 3.96. The molecule has 10 nitrogen and oxygen atoms in total. The van der Waals surface area contributed by atoms with Crippen LogP contribution in [0.4, 0.5) is 16.4 Å². The molecule has 2 aromatic rings. The summed E-state index contributed by atoms with van der Waals surface area (Å²) in [5.74, 6) is 7.15. The van der Waals surface area contributed by atoms with Crippen molar-refractivity contribution in [3.63, 3.8) is 0 Å². The van der Waals surface area contributed by atoms with Gasteiger partial charge in [-0.1, -0.05) is 17.9 Å². The monoisotopic (exact) mass is 534 g/mol. The van der Waals surface area contributed by atoms with E-state index in [4.69, 9.17) is 4.74 Å². The number of urea groups is 1. The van der Waals surface area contributed by atoms with Crippen molar-refractivity contribution in [2.45, 2.75) is 40.2 Å². The van der Waals surface area contributed by atoms with E-state index in [0.29, 0.717) is 49.7 Å². The molecule has 1 aliphatic heterocycles. The fourth-order valence-electron chi connectivity index (χ4n) is 3.96. The lowest BCUT2D eigenvalue weighted by molar-refractivity contribution is -0.136. The SMILES string of the molecule is COCCCc1cc(NC(=O)N(C)c2ccc(CN3CCN(C)CC3=O)c(C=O)n2)ncc1C#CC(C)(C)C. The Morgan fingerprint density at radius 2 is 2.03 bits per heavy atom. The number of aryl methyl sites for hydroxylation is 1. The second-order valence-electron chi connectivity index (χ2n) is 10.7. The van der Waals surface area contributed by atoms with E-state index in [2.05, 4.69) is 27.1 Å². The second-order valence-corrected chi connectivity index (χ2v) is 10.7. The average Bonchev–Trinajstić information content (AvgIpc) is 2.89. The van der Waals surface area contributed by atoms with Gasteiger partial charge in [-0.15, -0.1) is 0 Å². The lowest BCUT2D eigenvalue weighted by Gasteiger charge is -2.32. The zero-order chi connectivity index (χ0) is 28.6. The highest BCUT2D eigenvalue weighted by Crippen LogP contribution is 2.20. The molecule has 0 saturated carbocycles. The molecule has 0 unspecified atom stereocenters. The van der Waals surface area contributed by atoms with E-state index in [9.17, 15) is 14.4 Å². The van der Waals surface area contributed by atoms with Crippen LogP contribution in [0.15, 0.2) is 24.4 Å². The minimum atomic E-state index is -0.454. The summed E-state index contributed by atoms with van der Waals surface area (Å²) in [7, 11) is 5.13. The molecule has 3 amide bonds. The van der Waals surface area contributed by atoms with E-state index in [1.54, 1.807) is 37.4 Å². The van der Waals surface area contributed by atoms with Crippen LogP contribution in [0, 0.1) is 17.3 Å². The largest absolute Gasteiger partial charge is 0.385 e. The third kappa shape index (κ3) is 8.60. The molecular formula is C29H38N6O4. The molecule has 0 atom stereocenters. The lowest BCUT2D eigenvalue weighted by Crippen LogP contribution is -2.48. The van der Waals surface area contributed by atoms with Gasteiger partial charge in [-0.3, -0.25) is 24.7 Å². The van der Waals surface area contributed by atoms with E-state index in [1.807, 2.05) is 38.8 Å². The number of carbonyl (C=O) groups is 3. The zero-order valence-corrected chi connectivity index (χ0v) is 23.7. The number of hydrogen-bond donors (Lipinski definition) is 1. The van der Waals surface area contributed by atoms with Crippen LogP contribution in [0.3, 0.4) is 0 Å². The molecule has 1 saturated heterocycles. The summed E-state index contributed by atoms with van der Waals surface area (Å²) in [6.07, 6.45) is 3.86. The molecule has 39 heavy (non-hydrogen) atoms. The van der Waals surface area contributed by atoms with Crippen LogP contribution in [0.25, 0.3) is 0 Å². The molecule has 0 spiro atoms. The van der Waals surface area contributed by atoms with Crippen LogP contribution in [-0.2, 0) is 22.5 Å². The van der Waals surface area contributed by atoms with Gasteiger partial charge in [-0.05, 0) is 58.4 Å². The van der Waals surface area contributed by atoms with Gasteiger partial charge in [0.25, 0.3) is 0 Å². The van der Waals surface area contributed by atoms with Gasteiger partial charge in [0.15, 0.2) is 6.29 Å². The molecule has 2 aromatic heterocycles. The Balaban J connectivity index is 1.75. The van der Waals surface area contributed by atoms with E-state index in [1.165, 1.54) is 4.90 Å². The van der Waals surface area contributed by atoms with Gasteiger partial charge in [0.1, 0.15) is 17.3 Å². The number of aldehydes is 1. The quantitative estimate of drug-likeness (QED) is 0.299. The third-order valence-electron chi connectivity index (χ3n) is 6.22. The number of rotatable bonds is 9. The Hall–Kier alpha value is -3.81. The van der Waals surface area contributed by atoms with Gasteiger partial charge in [-0.2, -0.15) is 0 Å². The molecular weight excluding hydrogens is 496 g/mol. The second kappa shape index (κ2) is 13.3. The maximum absolute atomic E-state index is 13.0. The predicted octanol–water partition coefficient (Wildman–Crippen LogP) is 3.21. The first-order valence-electron chi connectivity index (χ1n) is 13.0. The lowest BCUT2D eigenvalue weighted by atomic mass is 9.96. The number of piperazine rings is 1. The summed E-state index contributed by atoms with van der Waals surface area (Å²) in [4.78, 5) is 51.0. The number of ether oxygens (including phenoxy) is 1. The number of hydrogen-bond acceptors (Lipinski definition) is 7. The van der Waals surface area contributed by atoms with Crippen molar-refractivity contribution in [3.05, 3.63) is 46.8 Å². The molecule has 1 N–H and O–H groups in total. The summed E-state index contributed by atoms with van der Waals surface area (Å²) in [6.45, 7) is 8.74. The number of amides is 3. The number of nitrogens with one attached hydrogen (secondary N) is 1. The van der Waals surface area contributed by atoms with Crippen LogP contribution in [0.2, 0.25) is 0 Å². The Morgan fingerprint density at radius 1 is 1.26 bits per heavy atom. The highest BCUT2D eigenvalue weighted by atomic mass is 16.5. The maximum atomic E-state index is 13.0. The van der Waals surface area contributed by atoms with Crippen LogP contribution in [0.1, 0.15) is 54.4 Å². The van der Waals surface area contributed by atoms with Gasteiger partial charge in [0, 0.05) is 63.1 Å². The number of methoxy groups -OCH3 is 1. The van der Waals surface area contributed by atoms with Gasteiger partial charge in [0.2, 0.25) is 5.91 Å². The van der Waals surface area contributed by atoms with Crippen molar-refractivity contribution in [2.75, 3.05) is 57.7 Å². The van der Waals surface area contributed by atoms with Crippen molar-refractivity contribution >= 4 is 29.9 Å². The Labute approximate surface area is 230 Å². The van der Waals surface area contributed by atoms with Crippen molar-refractivity contribution in [2.24, 2.45) is 5.41 Å². The number of pyridine rings is 2. The van der Waals surface area contributed by atoms with Crippen LogP contribution >= 0.6 is 0 Å². The molecule has 0 aromatic carbocycles. The number of aromatic nitrogens is 2. The minimum absolute atomic E-state index is 0.00525. The molecule has 208 valence electrons. The standard InChI is InChI=1S/C29H38N6O4/c1-29(2,3)12-11-22-17-30-25(16-21(22)8-7-15-39-6)32-28(38)34(5)26-10-9-23(24(20-36)31-26)18-35-14-13-33(4)19-27(35)37/h9-10,16-17,20H,7-8,13-15,18-19H2,1-6H3,(H,30,32,38). The van der Waals surface area contributed by atoms with E-state index < -0.39 is 6.03 Å². The summed E-state index contributed by atoms with van der Waals surface area (Å²) in [6, 6.07) is 4.77. The molecule has 3 heterocycles. The highest BCUT2D eigenvalue weighted by molar-refractivity contribution is 6.00. The molecule has 3 rings (SSSR count). The summed E-state index contributed by atoms with van der Waals surface area (Å²) >= 11 is 0. The molecule has 0 bridgehead atoms. The molecule has 0 aliphatic carbocycles. The minimum Gasteiger partial charge on any atom is -0.385 e. The normalized spacial score (nSPS) is 14.0. The van der Waals surface area contributed by atoms with E-state index in [0.717, 1.165) is 30.5 Å². The number of nitrogens with zero attached hydrogens (tertiary/aromatic N) is 5. The summed E-state index contributed by atoms with van der Waals surface area (Å²) < 4.78 is 5.19. The van der Waals surface area contributed by atoms with E-state index >= 15 is 0 Å².